The summed E-state index contributed by atoms with van der Waals surface area (Å²) in [5, 5.41) is 3.52. The number of hydrogen-bond acceptors (Lipinski definition) is 2. The van der Waals surface area contributed by atoms with E-state index in [1.54, 1.807) is 0 Å². The fourth-order valence-corrected chi connectivity index (χ4v) is 1.96. The van der Waals surface area contributed by atoms with Crippen LogP contribution in [0.1, 0.15) is 16.7 Å². The van der Waals surface area contributed by atoms with Crippen LogP contribution in [0.4, 0.5) is 0 Å². The third-order valence-electron chi connectivity index (χ3n) is 2.05. The summed E-state index contributed by atoms with van der Waals surface area (Å²) in [4.78, 5) is 2.73. The van der Waals surface area contributed by atoms with Gasteiger partial charge in [-0.3, -0.25) is 0 Å². The van der Waals surface area contributed by atoms with Crippen LogP contribution >= 0.6 is 22.6 Å². The molecule has 0 aliphatic carbocycles. The maximum absolute atomic E-state index is 8.21. The fraction of sp³-hybridized carbons (Fsp3) is 0.333. The van der Waals surface area contributed by atoms with Gasteiger partial charge in [0, 0.05) is 15.0 Å². The Bertz CT molecular complexity index is 383. The average molecular weight is 302 g/mol. The fourth-order valence-electron chi connectivity index (χ4n) is 1.21. The second-order valence-corrected chi connectivity index (χ2v) is 4.12. The van der Waals surface area contributed by atoms with Crippen LogP contribution in [-0.2, 0) is 13.1 Å². The topological polar surface area (TPSA) is 74.8 Å². The first-order valence-electron chi connectivity index (χ1n) is 4.18. The minimum Gasteiger partial charge on any atom is -0.326 e. The van der Waals surface area contributed by atoms with Gasteiger partial charge in [0.05, 0.1) is 6.54 Å². The molecule has 2 N–H and O–H groups in total. The number of nitrogens with two attached hydrogens (primary N) is 1. The summed E-state index contributed by atoms with van der Waals surface area (Å²) in [6, 6.07) is 4.01. The van der Waals surface area contributed by atoms with E-state index >= 15 is 0 Å². The Kier molecular flexibility index (Phi) is 4.19. The van der Waals surface area contributed by atoms with E-state index in [2.05, 4.69) is 32.6 Å². The van der Waals surface area contributed by atoms with Crippen molar-refractivity contribution in [2.75, 3.05) is 0 Å². The Morgan fingerprint density at radius 3 is 2.86 bits per heavy atom. The summed E-state index contributed by atoms with van der Waals surface area (Å²) in [6.45, 7) is 2.95. The monoisotopic (exact) mass is 302 g/mol. The van der Waals surface area contributed by atoms with Crippen molar-refractivity contribution in [3.05, 3.63) is 42.8 Å². The molecule has 0 bridgehead atoms. The van der Waals surface area contributed by atoms with Crippen LogP contribution in [-0.4, -0.2) is 0 Å². The highest BCUT2D eigenvalue weighted by molar-refractivity contribution is 14.1. The van der Waals surface area contributed by atoms with Crippen molar-refractivity contribution >= 4 is 22.6 Å². The van der Waals surface area contributed by atoms with Crippen molar-refractivity contribution in [1.82, 2.24) is 0 Å². The normalized spacial score (nSPS) is 9.64. The highest BCUT2D eigenvalue weighted by Crippen LogP contribution is 2.19. The van der Waals surface area contributed by atoms with Crippen molar-refractivity contribution in [2.45, 2.75) is 20.0 Å². The average Bonchev–Trinajstić information content (AvgIpc) is 2.19. The summed E-state index contributed by atoms with van der Waals surface area (Å²) >= 11 is 2.26. The molecule has 1 aromatic rings. The van der Waals surface area contributed by atoms with Crippen LogP contribution in [0, 0.1) is 10.5 Å². The predicted octanol–water partition coefficient (Wildman–Crippen LogP) is 2.87. The molecule has 4 nitrogen and oxygen atoms in total. The number of rotatable bonds is 3. The summed E-state index contributed by atoms with van der Waals surface area (Å²) in [5.74, 6) is 0. The molecular weight excluding hydrogens is 291 g/mol. The smallest absolute Gasteiger partial charge is 0.0511 e. The van der Waals surface area contributed by atoms with Crippen LogP contribution in [0.5, 0.6) is 0 Å². The molecule has 0 aromatic heterocycles. The Balaban J connectivity index is 3.09. The zero-order chi connectivity index (χ0) is 10.6. The lowest BCUT2D eigenvalue weighted by Gasteiger charge is -2.07. The predicted molar refractivity (Wildman–Crippen MR) is 64.6 cm³/mol. The molecule has 0 spiro atoms. The van der Waals surface area contributed by atoms with E-state index in [1.807, 2.05) is 19.1 Å². The molecule has 1 aromatic carbocycles. The van der Waals surface area contributed by atoms with Gasteiger partial charge in [-0.25, -0.2) is 0 Å². The molecule has 1 rings (SSSR count). The van der Waals surface area contributed by atoms with Crippen molar-refractivity contribution in [3.63, 3.8) is 0 Å². The van der Waals surface area contributed by atoms with E-state index in [9.17, 15) is 0 Å². The van der Waals surface area contributed by atoms with Gasteiger partial charge in [0.25, 0.3) is 0 Å². The Labute approximate surface area is 96.3 Å². The first-order chi connectivity index (χ1) is 6.69. The van der Waals surface area contributed by atoms with E-state index in [0.29, 0.717) is 13.1 Å². The molecule has 0 saturated carbocycles. The summed E-state index contributed by atoms with van der Waals surface area (Å²) in [7, 11) is 0. The molecule has 0 aliphatic heterocycles. The van der Waals surface area contributed by atoms with Gasteiger partial charge in [0.1, 0.15) is 0 Å². The number of nitrogens with zero attached hydrogens (tertiary/aromatic N) is 3. The van der Waals surface area contributed by atoms with Crippen LogP contribution in [0.25, 0.3) is 10.4 Å². The van der Waals surface area contributed by atoms with E-state index in [1.165, 1.54) is 5.56 Å². The molecule has 0 amide bonds. The van der Waals surface area contributed by atoms with Gasteiger partial charge >= 0.3 is 0 Å². The molecule has 74 valence electrons. The molecule has 14 heavy (non-hydrogen) atoms. The lowest BCUT2D eigenvalue weighted by atomic mass is 10.1. The first kappa shape index (κ1) is 11.3. The third-order valence-corrected chi connectivity index (χ3v) is 3.17. The quantitative estimate of drug-likeness (QED) is 0.396. The lowest BCUT2D eigenvalue weighted by molar-refractivity contribution is 0.997. The SMILES string of the molecule is Cc1c(I)cc(CN=[N+]=[N-])cc1CN. The maximum atomic E-state index is 8.21. The molecule has 5 heteroatoms. The Morgan fingerprint density at radius 1 is 1.57 bits per heavy atom. The molecular formula is C9H11IN4. The van der Waals surface area contributed by atoms with Crippen molar-refractivity contribution in [1.29, 1.82) is 0 Å². The van der Waals surface area contributed by atoms with Crippen LogP contribution in [0.15, 0.2) is 17.2 Å². The highest BCUT2D eigenvalue weighted by Gasteiger charge is 2.03. The molecule has 0 fully saturated rings. The summed E-state index contributed by atoms with van der Waals surface area (Å²) < 4.78 is 1.16. The molecule has 0 heterocycles. The minimum absolute atomic E-state index is 0.389. The van der Waals surface area contributed by atoms with Gasteiger partial charge in [-0.15, -0.1) is 0 Å². The van der Waals surface area contributed by atoms with Gasteiger partial charge in [-0.05, 0) is 57.8 Å². The molecule has 0 aliphatic rings. The largest absolute Gasteiger partial charge is 0.326 e. The second-order valence-electron chi connectivity index (χ2n) is 2.95. The zero-order valence-electron chi connectivity index (χ0n) is 7.87. The van der Waals surface area contributed by atoms with Crippen molar-refractivity contribution < 1.29 is 0 Å². The number of azide groups is 1. The van der Waals surface area contributed by atoms with E-state index in [4.69, 9.17) is 11.3 Å². The van der Waals surface area contributed by atoms with Gasteiger partial charge < -0.3 is 5.73 Å². The summed E-state index contributed by atoms with van der Waals surface area (Å²) in [6.07, 6.45) is 0. The number of benzene rings is 1. The number of hydrogen-bond donors (Lipinski definition) is 1. The van der Waals surface area contributed by atoms with Crippen molar-refractivity contribution in [3.8, 4) is 0 Å². The van der Waals surface area contributed by atoms with Crippen molar-refractivity contribution in [2.24, 2.45) is 10.8 Å². The van der Waals surface area contributed by atoms with Crippen LogP contribution in [0.2, 0.25) is 0 Å². The zero-order valence-corrected chi connectivity index (χ0v) is 10.0. The van der Waals surface area contributed by atoms with E-state index in [-0.39, 0.29) is 0 Å². The Hall–Kier alpha value is -0.780. The molecule has 0 radical (unpaired) electrons. The van der Waals surface area contributed by atoms with Gasteiger partial charge in [0.2, 0.25) is 0 Å². The Morgan fingerprint density at radius 2 is 2.29 bits per heavy atom. The molecule has 0 saturated heterocycles. The van der Waals surface area contributed by atoms with E-state index in [0.717, 1.165) is 14.7 Å². The van der Waals surface area contributed by atoms with Crippen LogP contribution in [0.3, 0.4) is 0 Å². The standard InChI is InChI=1S/C9H11IN4/c1-6-8(4-11)2-7(3-9(6)10)5-13-14-12/h2-3H,4-5,11H2,1H3. The molecule has 0 unspecified atom stereocenters. The lowest BCUT2D eigenvalue weighted by Crippen LogP contribution is -2.02. The summed E-state index contributed by atoms with van der Waals surface area (Å²) in [5.41, 5.74) is 17.1. The van der Waals surface area contributed by atoms with Gasteiger partial charge in [-0.1, -0.05) is 11.2 Å². The maximum Gasteiger partial charge on any atom is 0.0511 e. The first-order valence-corrected chi connectivity index (χ1v) is 5.25. The number of halogens is 1. The van der Waals surface area contributed by atoms with Gasteiger partial charge in [-0.2, -0.15) is 0 Å². The molecule has 0 atom stereocenters. The second kappa shape index (κ2) is 5.19. The highest BCUT2D eigenvalue weighted by atomic mass is 127. The van der Waals surface area contributed by atoms with Crippen LogP contribution < -0.4 is 5.73 Å². The van der Waals surface area contributed by atoms with E-state index < -0.39 is 0 Å². The third kappa shape index (κ3) is 2.60. The van der Waals surface area contributed by atoms with Gasteiger partial charge in [0.15, 0.2) is 0 Å². The minimum atomic E-state index is 0.389.